The topological polar surface area (TPSA) is 86.8 Å². The lowest BCUT2D eigenvalue weighted by Crippen LogP contribution is -2.53. The highest BCUT2D eigenvalue weighted by molar-refractivity contribution is 14.1. The van der Waals surface area contributed by atoms with Crippen LogP contribution in [0, 0.1) is 10.5 Å². The number of benzene rings is 3. The minimum Gasteiger partial charge on any atom is -0.352 e. The van der Waals surface area contributed by atoms with E-state index in [-0.39, 0.29) is 23.4 Å². The highest BCUT2D eigenvalue weighted by Gasteiger charge is 2.34. The van der Waals surface area contributed by atoms with Crippen LogP contribution in [0.2, 0.25) is 0 Å². The van der Waals surface area contributed by atoms with Gasteiger partial charge < -0.3 is 10.2 Å². The van der Waals surface area contributed by atoms with E-state index in [2.05, 4.69) is 27.9 Å². The molecule has 0 radical (unpaired) electrons. The second-order valence-corrected chi connectivity index (χ2v) is 12.4. The Morgan fingerprint density at radius 3 is 2.11 bits per heavy atom. The Kier molecular flexibility index (Phi) is 10.3. The molecule has 1 atom stereocenters. The van der Waals surface area contributed by atoms with Gasteiger partial charge in [0.25, 0.3) is 10.0 Å². The second kappa shape index (κ2) is 13.2. The normalized spacial score (nSPS) is 12.2. The fourth-order valence-electron chi connectivity index (χ4n) is 4.13. The number of carbonyl (C=O) groups is 2. The summed E-state index contributed by atoms with van der Waals surface area (Å²) in [7, 11) is -4.07. The number of anilines is 1. The molecule has 1 N–H and O–H groups in total. The first-order chi connectivity index (χ1) is 18.0. The molecule has 0 heterocycles. The van der Waals surface area contributed by atoms with Gasteiger partial charge in [-0.1, -0.05) is 49.4 Å². The third-order valence-electron chi connectivity index (χ3n) is 6.14. The van der Waals surface area contributed by atoms with Crippen LogP contribution in [0.5, 0.6) is 0 Å². The van der Waals surface area contributed by atoms with Crippen LogP contribution in [-0.2, 0) is 26.2 Å². The number of halogens is 1. The van der Waals surface area contributed by atoms with E-state index in [1.165, 1.54) is 17.0 Å². The summed E-state index contributed by atoms with van der Waals surface area (Å²) >= 11 is 2.15. The van der Waals surface area contributed by atoms with Gasteiger partial charge in [0.05, 0.1) is 10.6 Å². The summed E-state index contributed by atoms with van der Waals surface area (Å²) in [4.78, 5) is 28.8. The zero-order chi connectivity index (χ0) is 27.9. The number of hydrogen-bond acceptors (Lipinski definition) is 4. The van der Waals surface area contributed by atoms with E-state index in [0.29, 0.717) is 12.1 Å². The van der Waals surface area contributed by atoms with E-state index >= 15 is 0 Å². The summed E-state index contributed by atoms with van der Waals surface area (Å²) in [6, 6.07) is 21.8. The highest BCUT2D eigenvalue weighted by Crippen LogP contribution is 2.26. The maximum absolute atomic E-state index is 14.0. The second-order valence-electron chi connectivity index (χ2n) is 9.34. The third-order valence-corrected chi connectivity index (χ3v) is 8.65. The van der Waals surface area contributed by atoms with E-state index in [0.717, 1.165) is 19.0 Å². The Labute approximate surface area is 239 Å². The number of amides is 2. The van der Waals surface area contributed by atoms with Crippen LogP contribution >= 0.6 is 22.6 Å². The summed E-state index contributed by atoms with van der Waals surface area (Å²) in [6.07, 6.45) is 0.380. The summed E-state index contributed by atoms with van der Waals surface area (Å²) in [6.45, 7) is 7.26. The summed E-state index contributed by atoms with van der Waals surface area (Å²) in [5.41, 5.74) is 2.25. The fraction of sp³-hybridized carbons (Fsp3) is 0.310. The fourth-order valence-corrected chi connectivity index (χ4v) is 5.92. The number of nitrogens with one attached hydrogen (secondary N) is 1. The van der Waals surface area contributed by atoms with Crippen molar-refractivity contribution in [1.29, 1.82) is 0 Å². The minimum absolute atomic E-state index is 0.0846. The van der Waals surface area contributed by atoms with Gasteiger partial charge in [-0.25, -0.2) is 8.42 Å². The van der Waals surface area contributed by atoms with Gasteiger partial charge in [0.15, 0.2) is 0 Å². The van der Waals surface area contributed by atoms with Crippen LogP contribution in [-0.4, -0.2) is 43.8 Å². The van der Waals surface area contributed by atoms with Crippen LogP contribution in [0.3, 0.4) is 0 Å². The standard InChI is InChI=1S/C29H34IN3O4S/c1-5-27(29(35)31-21(2)3)32(19-23-12-10-9-11-22(23)4)28(34)20-33(25-17-15-24(30)16-18-25)38(36,37)26-13-7-6-8-14-26/h6-18,21,27H,5,19-20H2,1-4H3,(H,31,35). The number of aryl methyl sites for hydroxylation is 1. The van der Waals surface area contributed by atoms with Gasteiger partial charge in [-0.2, -0.15) is 0 Å². The number of sulfonamides is 1. The monoisotopic (exact) mass is 647 g/mol. The molecule has 0 aliphatic heterocycles. The largest absolute Gasteiger partial charge is 0.352 e. The molecule has 0 saturated heterocycles. The van der Waals surface area contributed by atoms with Crippen LogP contribution < -0.4 is 9.62 Å². The van der Waals surface area contributed by atoms with Crippen LogP contribution in [0.4, 0.5) is 5.69 Å². The molecule has 1 unspecified atom stereocenters. The molecule has 0 bridgehead atoms. The Morgan fingerprint density at radius 1 is 0.921 bits per heavy atom. The lowest BCUT2D eigenvalue weighted by molar-refractivity contribution is -0.140. The molecule has 3 rings (SSSR count). The molecule has 0 aliphatic rings. The quantitative estimate of drug-likeness (QED) is 0.293. The molecule has 2 amide bonds. The van der Waals surface area contributed by atoms with Crippen molar-refractivity contribution in [2.24, 2.45) is 0 Å². The first-order valence-corrected chi connectivity index (χ1v) is 15.0. The molecule has 0 spiro atoms. The predicted octanol–water partition coefficient (Wildman–Crippen LogP) is 5.13. The van der Waals surface area contributed by atoms with Crippen molar-refractivity contribution >= 4 is 50.1 Å². The molecule has 9 heteroatoms. The van der Waals surface area contributed by atoms with Crippen molar-refractivity contribution in [2.45, 2.75) is 57.6 Å². The molecule has 7 nitrogen and oxygen atoms in total. The van der Waals surface area contributed by atoms with Crippen molar-refractivity contribution in [3.63, 3.8) is 0 Å². The highest BCUT2D eigenvalue weighted by atomic mass is 127. The molecule has 0 fully saturated rings. The van der Waals surface area contributed by atoms with Gasteiger partial charge in [-0.15, -0.1) is 0 Å². The van der Waals surface area contributed by atoms with E-state index in [1.807, 2.05) is 52.0 Å². The molecule has 38 heavy (non-hydrogen) atoms. The molecule has 0 aromatic heterocycles. The van der Waals surface area contributed by atoms with Crippen molar-refractivity contribution in [2.75, 3.05) is 10.8 Å². The van der Waals surface area contributed by atoms with Crippen molar-refractivity contribution in [3.05, 3.63) is 93.6 Å². The van der Waals surface area contributed by atoms with Gasteiger partial charge in [0.1, 0.15) is 12.6 Å². The molecule has 0 aliphatic carbocycles. The van der Waals surface area contributed by atoms with Crippen molar-refractivity contribution < 1.29 is 18.0 Å². The van der Waals surface area contributed by atoms with Crippen LogP contribution in [0.15, 0.2) is 83.8 Å². The number of rotatable bonds is 11. The minimum atomic E-state index is -4.07. The van der Waals surface area contributed by atoms with E-state index in [1.54, 1.807) is 42.5 Å². The maximum atomic E-state index is 14.0. The average Bonchev–Trinajstić information content (AvgIpc) is 2.88. The van der Waals surface area contributed by atoms with E-state index < -0.39 is 28.5 Å². The summed E-state index contributed by atoms with van der Waals surface area (Å²) in [5, 5.41) is 2.91. The van der Waals surface area contributed by atoms with Crippen molar-refractivity contribution in [3.8, 4) is 0 Å². The SMILES string of the molecule is CCC(C(=O)NC(C)C)N(Cc1ccccc1C)C(=O)CN(c1ccc(I)cc1)S(=O)(=O)c1ccccc1. The summed E-state index contributed by atoms with van der Waals surface area (Å²) < 4.78 is 29.6. The Bertz CT molecular complexity index is 1350. The van der Waals surface area contributed by atoms with Gasteiger partial charge in [-0.3, -0.25) is 13.9 Å². The smallest absolute Gasteiger partial charge is 0.264 e. The molecular formula is C29H34IN3O4S. The lowest BCUT2D eigenvalue weighted by atomic mass is 10.1. The predicted molar refractivity (Wildman–Crippen MR) is 159 cm³/mol. The third kappa shape index (κ3) is 7.35. The van der Waals surface area contributed by atoms with Gasteiger partial charge >= 0.3 is 0 Å². The number of hydrogen-bond donors (Lipinski definition) is 1. The number of carbonyl (C=O) groups excluding carboxylic acids is 2. The average molecular weight is 648 g/mol. The first kappa shape index (κ1) is 29.6. The van der Waals surface area contributed by atoms with Gasteiger partial charge in [-0.05, 0) is 97.3 Å². The molecule has 0 saturated carbocycles. The molecule has 3 aromatic carbocycles. The Balaban J connectivity index is 2.06. The molecular weight excluding hydrogens is 613 g/mol. The first-order valence-electron chi connectivity index (χ1n) is 12.5. The number of nitrogens with zero attached hydrogens (tertiary/aromatic N) is 2. The lowest BCUT2D eigenvalue weighted by Gasteiger charge is -2.34. The zero-order valence-corrected chi connectivity index (χ0v) is 25.1. The van der Waals surface area contributed by atoms with Gasteiger partial charge in [0, 0.05) is 16.2 Å². The van der Waals surface area contributed by atoms with Gasteiger partial charge in [0.2, 0.25) is 11.8 Å². The Hall–Kier alpha value is -2.92. The van der Waals surface area contributed by atoms with E-state index in [9.17, 15) is 18.0 Å². The molecule has 3 aromatic rings. The van der Waals surface area contributed by atoms with E-state index in [4.69, 9.17) is 0 Å². The summed E-state index contributed by atoms with van der Waals surface area (Å²) in [5.74, 6) is -0.728. The van der Waals surface area contributed by atoms with Crippen molar-refractivity contribution in [1.82, 2.24) is 10.2 Å². The Morgan fingerprint density at radius 2 is 1.53 bits per heavy atom. The maximum Gasteiger partial charge on any atom is 0.264 e. The van der Waals surface area contributed by atoms with Crippen LogP contribution in [0.25, 0.3) is 0 Å². The molecule has 202 valence electrons. The van der Waals surface area contributed by atoms with Crippen LogP contribution in [0.1, 0.15) is 38.3 Å². The zero-order valence-electron chi connectivity index (χ0n) is 22.1.